The first-order chi connectivity index (χ1) is 9.52. The van der Waals surface area contributed by atoms with Gasteiger partial charge in [0.15, 0.2) is 0 Å². The highest BCUT2D eigenvalue weighted by atomic mass is 19.1. The number of anilines is 2. The van der Waals surface area contributed by atoms with Gasteiger partial charge in [0.05, 0.1) is 17.2 Å². The highest BCUT2D eigenvalue weighted by molar-refractivity contribution is 6.08. The van der Waals surface area contributed by atoms with Gasteiger partial charge in [-0.1, -0.05) is 12.1 Å². The molecule has 1 amide bonds. The molecule has 0 aromatic heterocycles. The molecule has 0 radical (unpaired) electrons. The third-order valence-corrected chi connectivity index (χ3v) is 2.93. The summed E-state index contributed by atoms with van der Waals surface area (Å²) in [5, 5.41) is 11.4. The van der Waals surface area contributed by atoms with Gasteiger partial charge in [0.25, 0.3) is 5.91 Å². The molecule has 0 aliphatic rings. The summed E-state index contributed by atoms with van der Waals surface area (Å²) in [6.07, 6.45) is 0. The summed E-state index contributed by atoms with van der Waals surface area (Å²) in [6, 6.07) is 11.0. The number of hydrogen-bond acceptors (Lipinski definition) is 3. The van der Waals surface area contributed by atoms with Gasteiger partial charge in [-0.15, -0.1) is 0 Å². The third-order valence-electron chi connectivity index (χ3n) is 2.93. The minimum Gasteiger partial charge on any atom is -0.398 e. The van der Waals surface area contributed by atoms with Crippen LogP contribution in [0.15, 0.2) is 36.4 Å². The van der Waals surface area contributed by atoms with Crippen LogP contribution in [0.2, 0.25) is 0 Å². The van der Waals surface area contributed by atoms with Crippen LogP contribution in [0.3, 0.4) is 0 Å². The smallest absolute Gasteiger partial charge is 0.257 e. The minimum absolute atomic E-state index is 0.143. The Morgan fingerprint density at radius 3 is 2.70 bits per heavy atom. The summed E-state index contributed by atoms with van der Waals surface area (Å²) in [7, 11) is 0. The first-order valence-corrected chi connectivity index (χ1v) is 5.89. The number of rotatable bonds is 2. The predicted molar refractivity (Wildman–Crippen MR) is 74.7 cm³/mol. The molecule has 20 heavy (non-hydrogen) atoms. The molecule has 100 valence electrons. The molecule has 0 aliphatic carbocycles. The van der Waals surface area contributed by atoms with Gasteiger partial charge in [0.1, 0.15) is 5.82 Å². The normalized spacial score (nSPS) is 9.85. The Morgan fingerprint density at radius 2 is 2.05 bits per heavy atom. The topological polar surface area (TPSA) is 78.9 Å². The van der Waals surface area contributed by atoms with Crippen molar-refractivity contribution in [1.82, 2.24) is 0 Å². The van der Waals surface area contributed by atoms with E-state index in [-0.39, 0.29) is 16.8 Å². The van der Waals surface area contributed by atoms with Gasteiger partial charge in [-0.2, -0.15) is 5.26 Å². The van der Waals surface area contributed by atoms with Crippen molar-refractivity contribution in [2.24, 2.45) is 0 Å². The van der Waals surface area contributed by atoms with E-state index in [1.165, 1.54) is 13.0 Å². The van der Waals surface area contributed by atoms with Crippen LogP contribution < -0.4 is 11.1 Å². The van der Waals surface area contributed by atoms with Crippen LogP contribution >= 0.6 is 0 Å². The van der Waals surface area contributed by atoms with Gasteiger partial charge in [-0.05, 0) is 31.2 Å². The number of nitrogens with one attached hydrogen (secondary N) is 1. The summed E-state index contributed by atoms with van der Waals surface area (Å²) >= 11 is 0. The number of hydrogen-bond donors (Lipinski definition) is 2. The van der Waals surface area contributed by atoms with E-state index >= 15 is 0 Å². The minimum atomic E-state index is -0.541. The Hall–Kier alpha value is -2.87. The number of carbonyl (C=O) groups is 1. The molecule has 2 aromatic carbocycles. The van der Waals surface area contributed by atoms with Crippen LogP contribution in [0, 0.1) is 24.1 Å². The maximum atomic E-state index is 13.6. The Labute approximate surface area is 115 Å². The zero-order valence-electron chi connectivity index (χ0n) is 10.8. The first kappa shape index (κ1) is 13.6. The standard InChI is InChI=1S/C15H12FN3O/c1-9-12(16)6-10(8-17)7-14(9)19-15(20)11-4-2-3-5-13(11)18/h2-7H,18H2,1H3,(H,19,20). The average Bonchev–Trinajstić information content (AvgIpc) is 2.43. The molecule has 4 nitrogen and oxygen atoms in total. The summed E-state index contributed by atoms with van der Waals surface area (Å²) in [6.45, 7) is 1.53. The fourth-order valence-electron chi connectivity index (χ4n) is 1.77. The lowest BCUT2D eigenvalue weighted by Crippen LogP contribution is -2.15. The van der Waals surface area contributed by atoms with Crippen molar-refractivity contribution < 1.29 is 9.18 Å². The van der Waals surface area contributed by atoms with Crippen molar-refractivity contribution >= 4 is 17.3 Å². The van der Waals surface area contributed by atoms with Crippen LogP contribution in [0.1, 0.15) is 21.5 Å². The largest absolute Gasteiger partial charge is 0.398 e. The van der Waals surface area contributed by atoms with Crippen LogP contribution in [0.4, 0.5) is 15.8 Å². The molecule has 0 aliphatic heterocycles. The summed E-state index contributed by atoms with van der Waals surface area (Å²) in [4.78, 5) is 12.1. The zero-order valence-corrected chi connectivity index (χ0v) is 10.8. The number of para-hydroxylation sites is 1. The monoisotopic (exact) mass is 269 g/mol. The van der Waals surface area contributed by atoms with E-state index in [1.54, 1.807) is 24.3 Å². The quantitative estimate of drug-likeness (QED) is 0.823. The van der Waals surface area contributed by atoms with Gasteiger partial charge in [0.2, 0.25) is 0 Å². The van der Waals surface area contributed by atoms with E-state index in [1.807, 2.05) is 6.07 Å². The van der Waals surface area contributed by atoms with Crippen LogP contribution in [-0.2, 0) is 0 Å². The summed E-state index contributed by atoms with van der Waals surface area (Å²) < 4.78 is 13.6. The van der Waals surface area contributed by atoms with Gasteiger partial charge in [0, 0.05) is 16.9 Å². The summed E-state index contributed by atoms with van der Waals surface area (Å²) in [5.41, 5.74) is 7.02. The number of nitrogens with zero attached hydrogens (tertiary/aromatic N) is 1. The fraction of sp³-hybridized carbons (Fsp3) is 0.0667. The molecule has 2 rings (SSSR count). The van der Waals surface area contributed by atoms with E-state index in [4.69, 9.17) is 11.0 Å². The molecule has 5 heteroatoms. The number of nitriles is 1. The second-order valence-corrected chi connectivity index (χ2v) is 4.28. The molecule has 2 aromatic rings. The molecule has 0 unspecified atom stereocenters. The molecule has 0 saturated carbocycles. The lowest BCUT2D eigenvalue weighted by atomic mass is 10.1. The SMILES string of the molecule is Cc1c(F)cc(C#N)cc1NC(=O)c1ccccc1N. The Balaban J connectivity index is 2.36. The van der Waals surface area contributed by atoms with Crippen molar-refractivity contribution in [3.63, 3.8) is 0 Å². The van der Waals surface area contributed by atoms with Crippen LogP contribution in [0.25, 0.3) is 0 Å². The van der Waals surface area contributed by atoms with Gasteiger partial charge in [-0.3, -0.25) is 4.79 Å². The number of halogens is 1. The number of carbonyl (C=O) groups excluding carboxylic acids is 1. The van der Waals surface area contributed by atoms with E-state index in [0.29, 0.717) is 11.3 Å². The number of nitrogen functional groups attached to an aromatic ring is 1. The van der Waals surface area contributed by atoms with Gasteiger partial charge < -0.3 is 11.1 Å². The lowest BCUT2D eigenvalue weighted by molar-refractivity contribution is 0.102. The molecular weight excluding hydrogens is 257 g/mol. The average molecular weight is 269 g/mol. The van der Waals surface area contributed by atoms with E-state index in [2.05, 4.69) is 5.32 Å². The Kier molecular flexibility index (Phi) is 3.67. The zero-order chi connectivity index (χ0) is 14.7. The first-order valence-electron chi connectivity index (χ1n) is 5.89. The van der Waals surface area contributed by atoms with Crippen molar-refractivity contribution in [2.75, 3.05) is 11.1 Å². The highest BCUT2D eigenvalue weighted by Crippen LogP contribution is 2.22. The highest BCUT2D eigenvalue weighted by Gasteiger charge is 2.13. The van der Waals surface area contributed by atoms with Crippen LogP contribution in [0.5, 0.6) is 0 Å². The molecule has 0 fully saturated rings. The molecule has 0 atom stereocenters. The van der Waals surface area contributed by atoms with Gasteiger partial charge >= 0.3 is 0 Å². The van der Waals surface area contributed by atoms with Crippen molar-refractivity contribution in [1.29, 1.82) is 5.26 Å². The van der Waals surface area contributed by atoms with E-state index in [0.717, 1.165) is 6.07 Å². The molecule has 0 saturated heterocycles. The number of nitrogens with two attached hydrogens (primary N) is 1. The van der Waals surface area contributed by atoms with Crippen LogP contribution in [-0.4, -0.2) is 5.91 Å². The third kappa shape index (κ3) is 2.59. The molecule has 3 N–H and O–H groups in total. The number of benzene rings is 2. The number of amides is 1. The Bertz CT molecular complexity index is 720. The van der Waals surface area contributed by atoms with Crippen molar-refractivity contribution in [2.45, 2.75) is 6.92 Å². The van der Waals surface area contributed by atoms with E-state index < -0.39 is 11.7 Å². The second kappa shape index (κ2) is 5.41. The molecule has 0 bridgehead atoms. The Morgan fingerprint density at radius 1 is 1.35 bits per heavy atom. The predicted octanol–water partition coefficient (Wildman–Crippen LogP) is 2.84. The second-order valence-electron chi connectivity index (χ2n) is 4.28. The maximum absolute atomic E-state index is 13.6. The van der Waals surface area contributed by atoms with Crippen molar-refractivity contribution in [3.05, 3.63) is 58.9 Å². The van der Waals surface area contributed by atoms with Gasteiger partial charge in [-0.25, -0.2) is 4.39 Å². The molecule has 0 heterocycles. The van der Waals surface area contributed by atoms with E-state index in [9.17, 15) is 9.18 Å². The fourth-order valence-corrected chi connectivity index (χ4v) is 1.77. The molecule has 0 spiro atoms. The lowest BCUT2D eigenvalue weighted by Gasteiger charge is -2.11. The maximum Gasteiger partial charge on any atom is 0.257 e. The van der Waals surface area contributed by atoms with Crippen molar-refractivity contribution in [3.8, 4) is 6.07 Å². The molecular formula is C15H12FN3O. The summed E-state index contributed by atoms with van der Waals surface area (Å²) in [5.74, 6) is -0.985.